The third-order valence-electron chi connectivity index (χ3n) is 3.34. The minimum atomic E-state index is -0.731. The van der Waals surface area contributed by atoms with Crippen LogP contribution in [0.1, 0.15) is 5.56 Å². The number of nitrogens with zero attached hydrogens (tertiary/aromatic N) is 1. The van der Waals surface area contributed by atoms with Crippen LogP contribution in [0.15, 0.2) is 30.9 Å². The highest BCUT2D eigenvalue weighted by atomic mass is 16.5. The molecule has 3 N–H and O–H groups in total. The Hall–Kier alpha value is -1.60. The van der Waals surface area contributed by atoms with Crippen LogP contribution in [0, 0.1) is 0 Å². The molecule has 0 aliphatic carbocycles. The third kappa shape index (κ3) is 7.00. The Balaban J connectivity index is 2.57. The highest BCUT2D eigenvalue weighted by molar-refractivity contribution is 5.43. The molecule has 0 unspecified atom stereocenters. The quantitative estimate of drug-likeness (QED) is 0.484. The van der Waals surface area contributed by atoms with Gasteiger partial charge in [-0.05, 0) is 24.1 Å². The zero-order chi connectivity index (χ0) is 17.1. The summed E-state index contributed by atoms with van der Waals surface area (Å²) in [7, 11) is 1.57. The van der Waals surface area contributed by atoms with Gasteiger partial charge in [0.1, 0.15) is 12.7 Å². The van der Waals surface area contributed by atoms with Crippen molar-refractivity contribution < 1.29 is 24.8 Å². The standard InChI is InChI=1S/C17H27NO5/c1-3-4-14-5-6-16(17(11-14)22-2)23-13-15(21)12-18(7-9-19)8-10-20/h3,5-6,11,15,19-21H,1,4,7-10,12-13H2,2H3/t15-/m0/s1. The second-order valence-electron chi connectivity index (χ2n) is 5.19. The Morgan fingerprint density at radius 1 is 1.22 bits per heavy atom. The first-order valence-electron chi connectivity index (χ1n) is 7.67. The number of aliphatic hydroxyl groups is 3. The van der Waals surface area contributed by atoms with Crippen LogP contribution in [-0.4, -0.2) is 72.9 Å². The molecule has 0 fully saturated rings. The second kappa shape index (κ2) is 11.0. The van der Waals surface area contributed by atoms with E-state index in [2.05, 4.69) is 6.58 Å². The number of hydrogen-bond donors (Lipinski definition) is 3. The van der Waals surface area contributed by atoms with E-state index in [0.29, 0.717) is 31.1 Å². The largest absolute Gasteiger partial charge is 0.493 e. The van der Waals surface area contributed by atoms with Gasteiger partial charge in [0.25, 0.3) is 0 Å². The van der Waals surface area contributed by atoms with Crippen LogP contribution in [0.5, 0.6) is 11.5 Å². The molecule has 0 saturated heterocycles. The van der Waals surface area contributed by atoms with E-state index in [1.807, 2.05) is 24.3 Å². The van der Waals surface area contributed by atoms with E-state index in [0.717, 1.165) is 12.0 Å². The number of allylic oxidation sites excluding steroid dienone is 1. The fourth-order valence-electron chi connectivity index (χ4n) is 2.24. The molecule has 0 aliphatic heterocycles. The number of benzene rings is 1. The van der Waals surface area contributed by atoms with Crippen molar-refractivity contribution in [2.75, 3.05) is 46.6 Å². The van der Waals surface area contributed by atoms with E-state index in [9.17, 15) is 5.11 Å². The zero-order valence-electron chi connectivity index (χ0n) is 13.6. The van der Waals surface area contributed by atoms with Crippen molar-refractivity contribution in [1.29, 1.82) is 0 Å². The predicted octanol–water partition coefficient (Wildman–Crippen LogP) is 0.450. The Morgan fingerprint density at radius 3 is 2.48 bits per heavy atom. The summed E-state index contributed by atoms with van der Waals surface area (Å²) < 4.78 is 10.9. The first-order valence-corrected chi connectivity index (χ1v) is 7.67. The minimum absolute atomic E-state index is 0.0217. The van der Waals surface area contributed by atoms with Gasteiger partial charge >= 0.3 is 0 Å². The van der Waals surface area contributed by atoms with Crippen molar-refractivity contribution in [1.82, 2.24) is 4.90 Å². The van der Waals surface area contributed by atoms with E-state index in [1.54, 1.807) is 12.0 Å². The van der Waals surface area contributed by atoms with Crippen LogP contribution in [0.3, 0.4) is 0 Å². The predicted molar refractivity (Wildman–Crippen MR) is 89.0 cm³/mol. The van der Waals surface area contributed by atoms with Crippen LogP contribution in [0.25, 0.3) is 0 Å². The fraction of sp³-hybridized carbons (Fsp3) is 0.529. The van der Waals surface area contributed by atoms with Gasteiger partial charge in [0.15, 0.2) is 11.5 Å². The van der Waals surface area contributed by atoms with Crippen molar-refractivity contribution in [3.63, 3.8) is 0 Å². The van der Waals surface area contributed by atoms with Crippen LogP contribution < -0.4 is 9.47 Å². The van der Waals surface area contributed by atoms with Gasteiger partial charge in [-0.15, -0.1) is 6.58 Å². The first-order chi connectivity index (χ1) is 11.1. The van der Waals surface area contributed by atoms with Gasteiger partial charge in [0.05, 0.1) is 20.3 Å². The van der Waals surface area contributed by atoms with Crippen LogP contribution in [-0.2, 0) is 6.42 Å². The average molecular weight is 325 g/mol. The lowest BCUT2D eigenvalue weighted by molar-refractivity contribution is 0.0545. The maximum atomic E-state index is 10.1. The third-order valence-corrected chi connectivity index (χ3v) is 3.34. The van der Waals surface area contributed by atoms with E-state index in [-0.39, 0.29) is 19.8 Å². The van der Waals surface area contributed by atoms with Crippen molar-refractivity contribution in [2.45, 2.75) is 12.5 Å². The number of hydrogen-bond acceptors (Lipinski definition) is 6. The molecule has 0 amide bonds. The molecule has 1 rings (SSSR count). The van der Waals surface area contributed by atoms with Gasteiger partial charge in [-0.1, -0.05) is 12.1 Å². The first kappa shape index (κ1) is 19.4. The highest BCUT2D eigenvalue weighted by Gasteiger charge is 2.13. The fourth-order valence-corrected chi connectivity index (χ4v) is 2.24. The molecule has 0 saturated carbocycles. The minimum Gasteiger partial charge on any atom is -0.493 e. The number of methoxy groups -OCH3 is 1. The number of aliphatic hydroxyl groups excluding tert-OH is 3. The molecule has 0 bridgehead atoms. The van der Waals surface area contributed by atoms with E-state index >= 15 is 0 Å². The van der Waals surface area contributed by atoms with E-state index in [4.69, 9.17) is 19.7 Å². The Bertz CT molecular complexity index is 460. The lowest BCUT2D eigenvalue weighted by Crippen LogP contribution is -2.38. The van der Waals surface area contributed by atoms with Crippen molar-refractivity contribution in [2.24, 2.45) is 0 Å². The average Bonchev–Trinajstić information content (AvgIpc) is 2.54. The molecule has 1 aromatic carbocycles. The molecular weight excluding hydrogens is 298 g/mol. The second-order valence-corrected chi connectivity index (χ2v) is 5.19. The number of ether oxygens (including phenoxy) is 2. The van der Waals surface area contributed by atoms with Gasteiger partial charge in [-0.2, -0.15) is 0 Å². The molecule has 1 aromatic rings. The summed E-state index contributed by atoms with van der Waals surface area (Å²) in [4.78, 5) is 1.78. The van der Waals surface area contributed by atoms with Gasteiger partial charge in [-0.3, -0.25) is 4.90 Å². The van der Waals surface area contributed by atoms with Gasteiger partial charge < -0.3 is 24.8 Å². The summed E-state index contributed by atoms with van der Waals surface area (Å²) in [6.45, 7) is 4.88. The van der Waals surface area contributed by atoms with Crippen LogP contribution in [0.4, 0.5) is 0 Å². The topological polar surface area (TPSA) is 82.4 Å². The summed E-state index contributed by atoms with van der Waals surface area (Å²) in [5, 5.41) is 28.0. The highest BCUT2D eigenvalue weighted by Crippen LogP contribution is 2.28. The summed E-state index contributed by atoms with van der Waals surface area (Å²) in [5.74, 6) is 1.18. The molecule has 6 heteroatoms. The van der Waals surface area contributed by atoms with Crippen LogP contribution in [0.2, 0.25) is 0 Å². The summed E-state index contributed by atoms with van der Waals surface area (Å²) in [6.07, 6.45) is 1.83. The summed E-state index contributed by atoms with van der Waals surface area (Å²) in [6, 6.07) is 5.62. The molecule has 0 heterocycles. The Kier molecular flexibility index (Phi) is 9.31. The molecule has 0 aromatic heterocycles. The van der Waals surface area contributed by atoms with Crippen LogP contribution >= 0.6 is 0 Å². The Labute approximate surface area is 137 Å². The number of rotatable bonds is 12. The lowest BCUT2D eigenvalue weighted by Gasteiger charge is -2.23. The van der Waals surface area contributed by atoms with Gasteiger partial charge in [0.2, 0.25) is 0 Å². The van der Waals surface area contributed by atoms with Crippen molar-refractivity contribution in [3.05, 3.63) is 36.4 Å². The molecule has 0 aliphatic rings. The maximum absolute atomic E-state index is 10.1. The summed E-state index contributed by atoms with van der Waals surface area (Å²) in [5.41, 5.74) is 1.07. The molecule has 0 spiro atoms. The summed E-state index contributed by atoms with van der Waals surface area (Å²) >= 11 is 0. The smallest absolute Gasteiger partial charge is 0.161 e. The molecule has 1 atom stereocenters. The Morgan fingerprint density at radius 2 is 1.91 bits per heavy atom. The SMILES string of the molecule is C=CCc1ccc(OC[C@@H](O)CN(CCO)CCO)c(OC)c1. The molecular formula is C17H27NO5. The zero-order valence-corrected chi connectivity index (χ0v) is 13.6. The monoisotopic (exact) mass is 325 g/mol. The molecule has 0 radical (unpaired) electrons. The molecule has 6 nitrogen and oxygen atoms in total. The van der Waals surface area contributed by atoms with E-state index in [1.165, 1.54) is 0 Å². The van der Waals surface area contributed by atoms with E-state index < -0.39 is 6.10 Å². The van der Waals surface area contributed by atoms with Crippen molar-refractivity contribution >= 4 is 0 Å². The molecule has 130 valence electrons. The molecule has 23 heavy (non-hydrogen) atoms. The normalized spacial score (nSPS) is 12.2. The maximum Gasteiger partial charge on any atom is 0.161 e. The van der Waals surface area contributed by atoms with Gasteiger partial charge in [0, 0.05) is 19.6 Å². The van der Waals surface area contributed by atoms with Gasteiger partial charge in [-0.25, -0.2) is 0 Å². The van der Waals surface area contributed by atoms with Crippen molar-refractivity contribution in [3.8, 4) is 11.5 Å². The lowest BCUT2D eigenvalue weighted by atomic mass is 10.1.